The Kier molecular flexibility index (Phi) is 20.5. The van der Waals surface area contributed by atoms with Crippen LogP contribution in [0.3, 0.4) is 0 Å². The molecule has 11 heteroatoms. The molecule has 11 nitrogen and oxygen atoms in total. The molecule has 1 unspecified atom stereocenters. The summed E-state index contributed by atoms with van der Waals surface area (Å²) in [6, 6.07) is 5.71. The molecule has 0 fully saturated rings. The first-order valence-electron chi connectivity index (χ1n) is 18.5. The number of carbonyl (C=O) groups excluding carboxylic acids is 5. The Morgan fingerprint density at radius 2 is 1.31 bits per heavy atom. The monoisotopic (exact) mass is 687 g/mol. The molecule has 7 N–H and O–H groups in total. The van der Waals surface area contributed by atoms with Crippen molar-refractivity contribution in [3.63, 3.8) is 0 Å². The first-order valence-corrected chi connectivity index (χ1v) is 18.5. The third-order valence-corrected chi connectivity index (χ3v) is 9.07. The number of benzene rings is 1. The van der Waals surface area contributed by atoms with Crippen LogP contribution in [0.4, 0.5) is 0 Å². The molecular formula is C38H66N6O5. The lowest BCUT2D eigenvalue weighted by molar-refractivity contribution is -0.133. The highest BCUT2D eigenvalue weighted by Gasteiger charge is 2.33. The maximum Gasteiger partial charge on any atom is 0.243 e. The first-order chi connectivity index (χ1) is 23.2. The van der Waals surface area contributed by atoms with Crippen molar-refractivity contribution in [2.24, 2.45) is 23.5 Å². The van der Waals surface area contributed by atoms with Gasteiger partial charge in [-0.1, -0.05) is 105 Å². The Morgan fingerprint density at radius 1 is 0.694 bits per heavy atom. The molecule has 5 amide bonds. The molecule has 1 rings (SSSR count). The number of hydrogen-bond acceptors (Lipinski definition) is 6. The zero-order valence-electron chi connectivity index (χ0n) is 31.6. The second-order valence-corrected chi connectivity index (χ2v) is 14.2. The fourth-order valence-electron chi connectivity index (χ4n) is 5.62. The highest BCUT2D eigenvalue weighted by molar-refractivity contribution is 5.92. The number of unbranched alkanes of at least 4 members (excludes halogenated alkanes) is 1. The minimum Gasteiger partial charge on any atom is -0.352 e. The van der Waals surface area contributed by atoms with Gasteiger partial charge >= 0.3 is 0 Å². The van der Waals surface area contributed by atoms with E-state index >= 15 is 0 Å². The van der Waals surface area contributed by atoms with E-state index in [1.54, 1.807) is 0 Å². The lowest BCUT2D eigenvalue weighted by Gasteiger charge is -2.31. The third-order valence-electron chi connectivity index (χ3n) is 9.07. The second-order valence-electron chi connectivity index (χ2n) is 14.2. The summed E-state index contributed by atoms with van der Waals surface area (Å²) in [4.78, 5) is 66.4. The minimum absolute atomic E-state index is 0.0241. The van der Waals surface area contributed by atoms with Crippen molar-refractivity contribution in [1.82, 2.24) is 26.6 Å². The average molecular weight is 687 g/mol. The van der Waals surface area contributed by atoms with E-state index in [-0.39, 0.29) is 47.9 Å². The Morgan fingerprint density at radius 3 is 1.84 bits per heavy atom. The van der Waals surface area contributed by atoms with E-state index in [1.807, 2.05) is 92.6 Å². The Balaban J connectivity index is 3.19. The van der Waals surface area contributed by atoms with Gasteiger partial charge in [0.1, 0.15) is 18.1 Å². The predicted octanol–water partition coefficient (Wildman–Crippen LogP) is 4.13. The van der Waals surface area contributed by atoms with E-state index in [9.17, 15) is 24.0 Å². The van der Waals surface area contributed by atoms with Crippen LogP contribution >= 0.6 is 0 Å². The van der Waals surface area contributed by atoms with Crippen LogP contribution in [0.2, 0.25) is 0 Å². The van der Waals surface area contributed by atoms with Crippen LogP contribution in [-0.2, 0) is 30.4 Å². The molecule has 0 saturated heterocycles. The van der Waals surface area contributed by atoms with E-state index in [1.165, 1.54) is 0 Å². The molecule has 0 saturated carbocycles. The summed E-state index contributed by atoms with van der Waals surface area (Å²) in [6.07, 6.45) is 4.86. The largest absolute Gasteiger partial charge is 0.352 e. The molecule has 0 aliphatic carbocycles. The zero-order valence-corrected chi connectivity index (χ0v) is 31.6. The fourth-order valence-corrected chi connectivity index (χ4v) is 5.62. The third kappa shape index (κ3) is 16.2. The summed E-state index contributed by atoms with van der Waals surface area (Å²) in [5.74, 6) is -1.87. The van der Waals surface area contributed by atoms with Crippen molar-refractivity contribution >= 4 is 29.5 Å². The number of nitrogens with two attached hydrogens (primary N) is 1. The van der Waals surface area contributed by atoms with Gasteiger partial charge in [-0.15, -0.1) is 0 Å². The van der Waals surface area contributed by atoms with Gasteiger partial charge in [0.15, 0.2) is 0 Å². The summed E-state index contributed by atoms with van der Waals surface area (Å²) in [5, 5.41) is 14.7. The van der Waals surface area contributed by atoms with Crippen molar-refractivity contribution in [1.29, 1.82) is 0 Å². The van der Waals surface area contributed by atoms with E-state index in [4.69, 9.17) is 5.73 Å². The summed E-state index contributed by atoms with van der Waals surface area (Å²) < 4.78 is 0. The van der Waals surface area contributed by atoms with Crippen molar-refractivity contribution in [2.75, 3.05) is 0 Å². The van der Waals surface area contributed by atoms with Gasteiger partial charge in [0, 0.05) is 31.0 Å². The van der Waals surface area contributed by atoms with Gasteiger partial charge in [-0.3, -0.25) is 24.0 Å². The normalized spacial score (nSPS) is 15.1. The molecule has 0 spiro atoms. The van der Waals surface area contributed by atoms with E-state index in [0.29, 0.717) is 25.7 Å². The van der Waals surface area contributed by atoms with Gasteiger partial charge < -0.3 is 32.3 Å². The number of nitrogens with one attached hydrogen (secondary N) is 5. The molecule has 1 aromatic rings. The van der Waals surface area contributed by atoms with Gasteiger partial charge in [-0.25, -0.2) is 0 Å². The Hall–Kier alpha value is -3.47. The molecule has 0 heterocycles. The molecule has 1 aromatic carbocycles. The highest BCUT2D eigenvalue weighted by atomic mass is 16.2. The molecule has 49 heavy (non-hydrogen) atoms. The van der Waals surface area contributed by atoms with Crippen molar-refractivity contribution in [3.05, 3.63) is 35.9 Å². The summed E-state index contributed by atoms with van der Waals surface area (Å²) in [6.45, 7) is 17.5. The number of hydrogen-bond donors (Lipinski definition) is 6. The Bertz CT molecular complexity index is 1160. The molecule has 0 aromatic heterocycles. The second kappa shape index (κ2) is 23.0. The average Bonchev–Trinajstić information content (AvgIpc) is 3.06. The van der Waals surface area contributed by atoms with Crippen LogP contribution in [-0.4, -0.2) is 65.8 Å². The quantitative estimate of drug-likeness (QED) is 0.101. The molecule has 0 aliphatic rings. The van der Waals surface area contributed by atoms with Crippen molar-refractivity contribution in [3.8, 4) is 0 Å². The van der Waals surface area contributed by atoms with Crippen LogP contribution < -0.4 is 32.3 Å². The number of carbonyl (C=O) groups is 5. The highest BCUT2D eigenvalue weighted by Crippen LogP contribution is 2.14. The standard InChI is InChI=1S/C38H66N6O5/c1-10-14-20-32(45)41-31(21-24(5)6)36(47)44-34(25(7)8)37(48)42-30(22-27-18-16-15-17-19-27)29(39)23-33(46)43-35(26(9)11-2)38(49)40-28(12-3)13-4/h15-19,24-26,28-31,34-35H,10-14,20-23,39H2,1-9H3,(H,40,49)(H,41,45)(H,42,48)(H,43,46)(H,44,47)/t26-,29-,30-,31-,34?,35-/m0/s1. The van der Waals surface area contributed by atoms with Crippen molar-refractivity contribution < 1.29 is 24.0 Å². The van der Waals surface area contributed by atoms with Crippen LogP contribution in [0.15, 0.2) is 30.3 Å². The lowest BCUT2D eigenvalue weighted by Crippen LogP contribution is -2.59. The molecule has 0 bridgehead atoms. The number of rotatable bonds is 23. The Labute approximate surface area is 295 Å². The fraction of sp³-hybridized carbons (Fsp3) is 0.711. The maximum atomic E-state index is 13.9. The lowest BCUT2D eigenvalue weighted by atomic mass is 9.94. The van der Waals surface area contributed by atoms with Crippen LogP contribution in [0, 0.1) is 17.8 Å². The molecule has 0 radical (unpaired) electrons. The summed E-state index contributed by atoms with van der Waals surface area (Å²) in [5.41, 5.74) is 7.58. The predicted molar refractivity (Wildman–Crippen MR) is 196 cm³/mol. The van der Waals surface area contributed by atoms with Gasteiger partial charge in [-0.05, 0) is 55.4 Å². The maximum absolute atomic E-state index is 13.9. The van der Waals surface area contributed by atoms with E-state index in [0.717, 1.165) is 31.2 Å². The van der Waals surface area contributed by atoms with Crippen molar-refractivity contribution in [2.45, 2.75) is 156 Å². The first kappa shape index (κ1) is 43.6. The van der Waals surface area contributed by atoms with Crippen LogP contribution in [0.5, 0.6) is 0 Å². The minimum atomic E-state index is -0.905. The van der Waals surface area contributed by atoms with Gasteiger partial charge in [-0.2, -0.15) is 0 Å². The summed E-state index contributed by atoms with van der Waals surface area (Å²) >= 11 is 0. The van der Waals surface area contributed by atoms with Crippen LogP contribution in [0.25, 0.3) is 0 Å². The molecule has 278 valence electrons. The summed E-state index contributed by atoms with van der Waals surface area (Å²) in [7, 11) is 0. The molecule has 6 atom stereocenters. The van der Waals surface area contributed by atoms with Gasteiger partial charge in [0.05, 0.1) is 0 Å². The molecule has 0 aliphatic heterocycles. The number of amides is 5. The van der Waals surface area contributed by atoms with E-state index < -0.39 is 42.0 Å². The molecular weight excluding hydrogens is 620 g/mol. The smallest absolute Gasteiger partial charge is 0.243 e. The topological polar surface area (TPSA) is 172 Å². The van der Waals surface area contributed by atoms with Gasteiger partial charge in [0.25, 0.3) is 0 Å². The SMILES string of the molecule is CCCCC(=O)N[C@@H](CC(C)C)C(=O)NC(C(=O)N[C@@H](Cc1ccccc1)[C@@H](N)CC(=O)N[C@H](C(=O)NC(CC)CC)[C@@H](C)CC)C(C)C. The zero-order chi connectivity index (χ0) is 37.1. The van der Waals surface area contributed by atoms with Crippen LogP contribution in [0.1, 0.15) is 119 Å². The van der Waals surface area contributed by atoms with E-state index in [2.05, 4.69) is 26.6 Å². The van der Waals surface area contributed by atoms with Gasteiger partial charge in [0.2, 0.25) is 29.5 Å².